The van der Waals surface area contributed by atoms with Gasteiger partial charge >= 0.3 is 0 Å². The zero-order valence-corrected chi connectivity index (χ0v) is 9.00. The monoisotopic (exact) mass is 188 g/mol. The molecule has 1 aromatic rings. The summed E-state index contributed by atoms with van der Waals surface area (Å²) in [7, 11) is 1.73. The Morgan fingerprint density at radius 3 is 2.86 bits per heavy atom. The van der Waals surface area contributed by atoms with Crippen molar-refractivity contribution in [3.8, 4) is 5.75 Å². The van der Waals surface area contributed by atoms with Crippen molar-refractivity contribution < 1.29 is 4.74 Å². The van der Waals surface area contributed by atoms with E-state index in [1.165, 1.54) is 16.7 Å². The van der Waals surface area contributed by atoms with Crippen LogP contribution in [0.2, 0.25) is 0 Å². The van der Waals surface area contributed by atoms with Crippen LogP contribution < -0.4 is 4.74 Å². The predicted octanol–water partition coefficient (Wildman–Crippen LogP) is 3.52. The van der Waals surface area contributed by atoms with Crippen molar-refractivity contribution in [2.75, 3.05) is 7.11 Å². The van der Waals surface area contributed by atoms with Gasteiger partial charge in [0.1, 0.15) is 5.75 Å². The minimum Gasteiger partial charge on any atom is -0.496 e. The molecule has 0 fully saturated rings. The molecule has 14 heavy (non-hydrogen) atoms. The van der Waals surface area contributed by atoms with Crippen LogP contribution >= 0.6 is 0 Å². The molecule has 1 heteroatoms. The van der Waals surface area contributed by atoms with E-state index >= 15 is 0 Å². The molecule has 2 rings (SSSR count). The van der Waals surface area contributed by atoms with E-state index in [0.29, 0.717) is 5.92 Å². The van der Waals surface area contributed by atoms with E-state index < -0.39 is 0 Å². The van der Waals surface area contributed by atoms with E-state index in [2.05, 4.69) is 38.1 Å². The lowest BCUT2D eigenvalue weighted by Crippen LogP contribution is -2.01. The number of hydrogen-bond acceptors (Lipinski definition) is 1. The van der Waals surface area contributed by atoms with Crippen LogP contribution in [0, 0.1) is 6.92 Å². The molecule has 0 bridgehead atoms. The second-order valence-corrected chi connectivity index (χ2v) is 3.99. The molecule has 0 aromatic heterocycles. The zero-order chi connectivity index (χ0) is 10.1. The largest absolute Gasteiger partial charge is 0.496 e. The zero-order valence-electron chi connectivity index (χ0n) is 9.00. The van der Waals surface area contributed by atoms with Gasteiger partial charge in [-0.3, -0.25) is 0 Å². The van der Waals surface area contributed by atoms with Crippen molar-refractivity contribution in [3.05, 3.63) is 34.9 Å². The summed E-state index contributed by atoms with van der Waals surface area (Å²) >= 11 is 0. The predicted molar refractivity (Wildman–Crippen MR) is 59.8 cm³/mol. The summed E-state index contributed by atoms with van der Waals surface area (Å²) in [5.41, 5.74) is 3.97. The van der Waals surface area contributed by atoms with Crippen LogP contribution in [0.4, 0.5) is 0 Å². The van der Waals surface area contributed by atoms with Gasteiger partial charge in [-0.25, -0.2) is 0 Å². The Labute approximate surface area is 85.4 Å². The molecule has 1 unspecified atom stereocenters. The molecule has 1 aliphatic carbocycles. The number of aryl methyl sites for hydroxylation is 1. The van der Waals surface area contributed by atoms with Gasteiger partial charge in [-0.1, -0.05) is 19.1 Å². The molecule has 0 heterocycles. The lowest BCUT2D eigenvalue weighted by Gasteiger charge is -2.19. The Kier molecular flexibility index (Phi) is 2.32. The summed E-state index contributed by atoms with van der Waals surface area (Å²) < 4.78 is 5.34. The number of hydrogen-bond donors (Lipinski definition) is 0. The Hall–Kier alpha value is -1.24. The van der Waals surface area contributed by atoms with E-state index in [1.54, 1.807) is 7.11 Å². The van der Waals surface area contributed by atoms with E-state index in [9.17, 15) is 0 Å². The van der Waals surface area contributed by atoms with Gasteiger partial charge in [0.2, 0.25) is 0 Å². The van der Waals surface area contributed by atoms with Crippen molar-refractivity contribution >= 4 is 6.08 Å². The lowest BCUT2D eigenvalue weighted by atomic mass is 9.87. The average Bonchev–Trinajstić information content (AvgIpc) is 2.17. The van der Waals surface area contributed by atoms with Crippen LogP contribution in [0.25, 0.3) is 6.08 Å². The summed E-state index contributed by atoms with van der Waals surface area (Å²) in [5, 5.41) is 0. The molecular weight excluding hydrogens is 172 g/mol. The molecule has 1 aromatic carbocycles. The minimum absolute atomic E-state index is 0.615. The molecule has 0 saturated carbocycles. The van der Waals surface area contributed by atoms with Gasteiger partial charge in [0.15, 0.2) is 0 Å². The number of methoxy groups -OCH3 is 1. The Balaban J connectivity index is 2.56. The van der Waals surface area contributed by atoms with Crippen molar-refractivity contribution in [1.82, 2.24) is 0 Å². The van der Waals surface area contributed by atoms with Crippen LogP contribution in [0.3, 0.4) is 0 Å². The van der Waals surface area contributed by atoms with Gasteiger partial charge in [0.25, 0.3) is 0 Å². The van der Waals surface area contributed by atoms with Crippen molar-refractivity contribution in [2.24, 2.45) is 0 Å². The quantitative estimate of drug-likeness (QED) is 0.655. The van der Waals surface area contributed by atoms with E-state index in [0.717, 1.165) is 12.2 Å². The normalized spacial score (nSPS) is 19.2. The highest BCUT2D eigenvalue weighted by Gasteiger charge is 2.14. The molecule has 0 spiro atoms. The summed E-state index contributed by atoms with van der Waals surface area (Å²) in [6.45, 7) is 4.35. The topological polar surface area (TPSA) is 9.23 Å². The second-order valence-electron chi connectivity index (χ2n) is 3.99. The minimum atomic E-state index is 0.615. The second kappa shape index (κ2) is 3.49. The first-order chi connectivity index (χ1) is 6.72. The molecule has 1 nitrogen and oxygen atoms in total. The maximum absolute atomic E-state index is 5.34. The van der Waals surface area contributed by atoms with Crippen LogP contribution in [0.5, 0.6) is 5.75 Å². The first kappa shape index (κ1) is 9.32. The van der Waals surface area contributed by atoms with Crippen LogP contribution in [-0.4, -0.2) is 7.11 Å². The first-order valence-corrected chi connectivity index (χ1v) is 5.07. The Morgan fingerprint density at radius 2 is 2.14 bits per heavy atom. The summed E-state index contributed by atoms with van der Waals surface area (Å²) in [4.78, 5) is 0. The summed E-state index contributed by atoms with van der Waals surface area (Å²) in [5.74, 6) is 1.62. The number of ether oxygens (including phenoxy) is 1. The molecule has 0 radical (unpaired) electrons. The standard InChI is InChI=1S/C13H16O/c1-9-5-4-6-11-7-10(2)13(14-3)8-12(9)11/h4,6-9H,5H2,1-3H3. The highest BCUT2D eigenvalue weighted by atomic mass is 16.5. The molecule has 1 atom stereocenters. The van der Waals surface area contributed by atoms with Gasteiger partial charge in [0.05, 0.1) is 7.11 Å². The number of rotatable bonds is 1. The summed E-state index contributed by atoms with van der Waals surface area (Å²) in [6.07, 6.45) is 5.60. The molecule has 0 saturated heterocycles. The highest BCUT2D eigenvalue weighted by molar-refractivity contribution is 5.61. The van der Waals surface area contributed by atoms with Gasteiger partial charge < -0.3 is 4.74 Å². The summed E-state index contributed by atoms with van der Waals surface area (Å²) in [6, 6.07) is 4.39. The molecular formula is C13H16O. The maximum Gasteiger partial charge on any atom is 0.122 e. The van der Waals surface area contributed by atoms with Gasteiger partial charge in [-0.2, -0.15) is 0 Å². The third-order valence-corrected chi connectivity index (χ3v) is 2.92. The SMILES string of the molecule is COc1cc2c(cc1C)C=CCC2C. The fourth-order valence-electron chi connectivity index (χ4n) is 2.04. The van der Waals surface area contributed by atoms with Gasteiger partial charge in [-0.05, 0) is 48.1 Å². The Bertz CT molecular complexity index is 377. The average molecular weight is 188 g/mol. The van der Waals surface area contributed by atoms with Crippen LogP contribution in [0.1, 0.15) is 36.0 Å². The van der Waals surface area contributed by atoms with Gasteiger partial charge in [0, 0.05) is 0 Å². The smallest absolute Gasteiger partial charge is 0.122 e. The van der Waals surface area contributed by atoms with Crippen LogP contribution in [-0.2, 0) is 0 Å². The van der Waals surface area contributed by atoms with Crippen molar-refractivity contribution in [3.63, 3.8) is 0 Å². The van der Waals surface area contributed by atoms with E-state index in [1.807, 2.05) is 0 Å². The molecule has 0 amide bonds. The fraction of sp³-hybridized carbons (Fsp3) is 0.385. The van der Waals surface area contributed by atoms with Crippen molar-refractivity contribution in [2.45, 2.75) is 26.2 Å². The third-order valence-electron chi connectivity index (χ3n) is 2.92. The van der Waals surface area contributed by atoms with Crippen LogP contribution in [0.15, 0.2) is 18.2 Å². The maximum atomic E-state index is 5.34. The molecule has 0 N–H and O–H groups in total. The van der Waals surface area contributed by atoms with E-state index in [-0.39, 0.29) is 0 Å². The third kappa shape index (κ3) is 1.43. The highest BCUT2D eigenvalue weighted by Crippen LogP contribution is 2.33. The Morgan fingerprint density at radius 1 is 1.36 bits per heavy atom. The first-order valence-electron chi connectivity index (χ1n) is 5.07. The number of allylic oxidation sites excluding steroid dienone is 1. The fourth-order valence-corrected chi connectivity index (χ4v) is 2.04. The van der Waals surface area contributed by atoms with Crippen molar-refractivity contribution in [1.29, 1.82) is 0 Å². The lowest BCUT2D eigenvalue weighted by molar-refractivity contribution is 0.410. The molecule has 0 aliphatic heterocycles. The molecule has 74 valence electrons. The van der Waals surface area contributed by atoms with Gasteiger partial charge in [-0.15, -0.1) is 0 Å². The number of fused-ring (bicyclic) bond motifs is 1. The molecule has 1 aliphatic rings. The number of benzene rings is 1. The van der Waals surface area contributed by atoms with E-state index in [4.69, 9.17) is 4.74 Å².